The highest BCUT2D eigenvalue weighted by atomic mass is 16.6. The van der Waals surface area contributed by atoms with Gasteiger partial charge in [-0.2, -0.15) is 24.8 Å². The molecule has 0 aliphatic carbocycles. The molecular formula is C28H39N9O6. The first-order valence-electron chi connectivity index (χ1n) is 14.3. The average molecular weight is 598 g/mol. The van der Waals surface area contributed by atoms with Crippen molar-refractivity contribution < 1.29 is 28.7 Å². The van der Waals surface area contributed by atoms with Gasteiger partial charge in [0.15, 0.2) is 0 Å². The van der Waals surface area contributed by atoms with Crippen molar-refractivity contribution in [1.29, 1.82) is 5.26 Å². The summed E-state index contributed by atoms with van der Waals surface area (Å²) in [6, 6.07) is 1.32. The number of nitrogens with zero attached hydrogens (tertiary/aromatic N) is 9. The smallest absolute Gasteiger partial charge is 0.410 e. The van der Waals surface area contributed by atoms with Crippen molar-refractivity contribution in [2.45, 2.75) is 58.7 Å². The fourth-order valence-corrected chi connectivity index (χ4v) is 4.65. The molecule has 0 radical (unpaired) electrons. The van der Waals surface area contributed by atoms with Gasteiger partial charge in [0, 0.05) is 58.6 Å². The van der Waals surface area contributed by atoms with Crippen molar-refractivity contribution in [3.8, 4) is 6.07 Å². The molecule has 4 rings (SSSR count). The van der Waals surface area contributed by atoms with Crippen LogP contribution in [0, 0.1) is 11.3 Å². The number of carbonyl (C=O) groups is 4. The Kier molecular flexibility index (Phi) is 9.27. The molecule has 232 valence electrons. The van der Waals surface area contributed by atoms with Crippen LogP contribution in [0.25, 0.3) is 0 Å². The Morgan fingerprint density at radius 3 is 1.70 bits per heavy atom. The molecule has 4 heterocycles. The molecule has 4 amide bonds. The normalized spacial score (nSPS) is 16.1. The second-order valence-corrected chi connectivity index (χ2v) is 12.2. The van der Waals surface area contributed by atoms with Gasteiger partial charge in [-0.05, 0) is 53.0 Å². The van der Waals surface area contributed by atoms with E-state index < -0.39 is 17.3 Å². The van der Waals surface area contributed by atoms with Crippen LogP contribution in [0.15, 0.2) is 24.8 Å². The molecule has 15 nitrogen and oxygen atoms in total. The van der Waals surface area contributed by atoms with Crippen molar-refractivity contribution in [2.24, 2.45) is 0 Å². The van der Waals surface area contributed by atoms with Crippen LogP contribution in [-0.4, -0.2) is 127 Å². The lowest BCUT2D eigenvalue weighted by atomic mass is 10.0. The van der Waals surface area contributed by atoms with Gasteiger partial charge in [-0.25, -0.2) is 19.2 Å². The number of hydrogen-bond acceptors (Lipinski definition) is 9. The van der Waals surface area contributed by atoms with E-state index in [0.717, 1.165) is 10.2 Å². The summed E-state index contributed by atoms with van der Waals surface area (Å²) in [7, 11) is 0. The minimum absolute atomic E-state index is 0.267. The molecule has 2 aliphatic heterocycles. The SMILES string of the molecule is CC(C)(C)OC(=O)N1CCN(C(=O)n2cc(CCC(C)(C)OC(=O)N3CCN(C(=O)n4cc(C#N)cn4)CC3)cn2)CC1. The first-order chi connectivity index (χ1) is 20.2. The maximum absolute atomic E-state index is 13.0. The Labute approximate surface area is 250 Å². The Bertz CT molecular complexity index is 1370. The largest absolute Gasteiger partial charge is 0.444 e. The Hall–Kier alpha value is -4.61. The van der Waals surface area contributed by atoms with Gasteiger partial charge >= 0.3 is 24.2 Å². The summed E-state index contributed by atoms with van der Waals surface area (Å²) in [5.41, 5.74) is -0.231. The summed E-state index contributed by atoms with van der Waals surface area (Å²) in [6.45, 7) is 11.9. The van der Waals surface area contributed by atoms with Crippen LogP contribution in [0.5, 0.6) is 0 Å². The molecule has 2 aliphatic rings. The van der Waals surface area contributed by atoms with Crippen molar-refractivity contribution in [2.75, 3.05) is 52.4 Å². The van der Waals surface area contributed by atoms with E-state index in [0.29, 0.717) is 70.8 Å². The maximum atomic E-state index is 13.0. The second-order valence-electron chi connectivity index (χ2n) is 12.2. The van der Waals surface area contributed by atoms with Gasteiger partial charge < -0.3 is 29.1 Å². The van der Waals surface area contributed by atoms with E-state index in [1.54, 1.807) is 32.0 Å². The minimum Gasteiger partial charge on any atom is -0.444 e. The van der Waals surface area contributed by atoms with Gasteiger partial charge in [0.1, 0.15) is 17.3 Å². The lowest BCUT2D eigenvalue weighted by Crippen LogP contribution is -2.52. The monoisotopic (exact) mass is 597 g/mol. The second kappa shape index (κ2) is 12.7. The standard InChI is InChI=1S/C28H39N9O6/c1-27(2,3)42-25(40)34-12-8-32(9-13-34)23(38)36-19-21(17-30-36)6-7-28(4,5)43-26(41)35-14-10-33(11-15-35)24(39)37-20-22(16-29)18-31-37/h17-20H,6-15H2,1-5H3. The van der Waals surface area contributed by atoms with Gasteiger partial charge in [0.25, 0.3) is 0 Å². The molecule has 0 unspecified atom stereocenters. The lowest BCUT2D eigenvalue weighted by molar-refractivity contribution is 0.00219. The van der Waals surface area contributed by atoms with Crippen LogP contribution in [0.3, 0.4) is 0 Å². The highest BCUT2D eigenvalue weighted by Crippen LogP contribution is 2.20. The molecule has 2 aromatic heterocycles. The van der Waals surface area contributed by atoms with Gasteiger partial charge in [0.2, 0.25) is 0 Å². The summed E-state index contributed by atoms with van der Waals surface area (Å²) < 4.78 is 13.6. The number of amides is 4. The van der Waals surface area contributed by atoms with E-state index in [1.165, 1.54) is 17.1 Å². The van der Waals surface area contributed by atoms with Gasteiger partial charge in [-0.3, -0.25) is 0 Å². The number of aromatic nitrogens is 4. The number of ether oxygens (including phenoxy) is 2. The van der Waals surface area contributed by atoms with Gasteiger partial charge in [-0.15, -0.1) is 0 Å². The van der Waals surface area contributed by atoms with E-state index in [2.05, 4.69) is 10.2 Å². The number of piperazine rings is 2. The van der Waals surface area contributed by atoms with Gasteiger partial charge in [-0.1, -0.05) is 0 Å². The molecule has 0 saturated carbocycles. The Balaban J connectivity index is 1.20. The first kappa shape index (κ1) is 31.3. The molecule has 0 bridgehead atoms. The fourth-order valence-electron chi connectivity index (χ4n) is 4.65. The highest BCUT2D eigenvalue weighted by Gasteiger charge is 2.31. The lowest BCUT2D eigenvalue weighted by Gasteiger charge is -2.36. The number of hydrogen-bond donors (Lipinski definition) is 0. The quantitative estimate of drug-likeness (QED) is 0.516. The highest BCUT2D eigenvalue weighted by molar-refractivity contribution is 5.77. The molecule has 15 heteroatoms. The number of carbonyl (C=O) groups excluding carboxylic acids is 4. The number of aryl methyl sites for hydroxylation is 1. The minimum atomic E-state index is -0.781. The van der Waals surface area contributed by atoms with Gasteiger partial charge in [0.05, 0.1) is 24.2 Å². The molecule has 43 heavy (non-hydrogen) atoms. The van der Waals surface area contributed by atoms with Crippen molar-refractivity contribution in [3.05, 3.63) is 35.9 Å². The molecule has 0 aromatic carbocycles. The molecule has 2 aromatic rings. The van der Waals surface area contributed by atoms with Crippen LogP contribution < -0.4 is 0 Å². The van der Waals surface area contributed by atoms with Crippen molar-refractivity contribution in [3.63, 3.8) is 0 Å². The fraction of sp³-hybridized carbons (Fsp3) is 0.607. The van der Waals surface area contributed by atoms with E-state index in [-0.39, 0.29) is 18.2 Å². The molecular weight excluding hydrogens is 558 g/mol. The van der Waals surface area contributed by atoms with E-state index >= 15 is 0 Å². The van der Waals surface area contributed by atoms with E-state index in [9.17, 15) is 19.2 Å². The van der Waals surface area contributed by atoms with Crippen LogP contribution in [0.4, 0.5) is 19.2 Å². The summed E-state index contributed by atoms with van der Waals surface area (Å²) >= 11 is 0. The summed E-state index contributed by atoms with van der Waals surface area (Å²) in [5, 5.41) is 17.1. The van der Waals surface area contributed by atoms with Crippen molar-refractivity contribution >= 4 is 24.2 Å². The third kappa shape index (κ3) is 8.24. The zero-order valence-corrected chi connectivity index (χ0v) is 25.4. The number of nitriles is 1. The Morgan fingerprint density at radius 2 is 1.21 bits per heavy atom. The van der Waals surface area contributed by atoms with Crippen molar-refractivity contribution in [1.82, 2.24) is 39.2 Å². The van der Waals surface area contributed by atoms with Crippen LogP contribution in [-0.2, 0) is 15.9 Å². The zero-order valence-electron chi connectivity index (χ0n) is 25.4. The third-order valence-corrected chi connectivity index (χ3v) is 7.13. The molecule has 0 atom stereocenters. The van der Waals surface area contributed by atoms with Crippen LogP contribution >= 0.6 is 0 Å². The first-order valence-corrected chi connectivity index (χ1v) is 14.3. The molecule has 2 saturated heterocycles. The molecule has 0 N–H and O–H groups in total. The summed E-state index contributed by atoms with van der Waals surface area (Å²) in [4.78, 5) is 57.1. The third-order valence-electron chi connectivity index (χ3n) is 7.13. The predicted octanol–water partition coefficient (Wildman–Crippen LogP) is 2.61. The van der Waals surface area contributed by atoms with E-state index in [4.69, 9.17) is 14.7 Å². The predicted molar refractivity (Wildman–Crippen MR) is 152 cm³/mol. The topological polar surface area (TPSA) is 159 Å². The summed E-state index contributed by atoms with van der Waals surface area (Å²) in [6.07, 6.45) is 6.21. The number of rotatable bonds is 4. The summed E-state index contributed by atoms with van der Waals surface area (Å²) in [5.74, 6) is 0. The molecule has 0 spiro atoms. The average Bonchev–Trinajstić information content (AvgIpc) is 3.65. The van der Waals surface area contributed by atoms with Crippen LogP contribution in [0.2, 0.25) is 0 Å². The van der Waals surface area contributed by atoms with E-state index in [1.807, 2.05) is 40.7 Å². The maximum Gasteiger partial charge on any atom is 0.410 e. The Morgan fingerprint density at radius 1 is 0.744 bits per heavy atom. The van der Waals surface area contributed by atoms with Crippen LogP contribution in [0.1, 0.15) is 52.2 Å². The zero-order chi connectivity index (χ0) is 31.4. The molecule has 2 fully saturated rings.